The number of anilines is 1. The van der Waals surface area contributed by atoms with Crippen molar-refractivity contribution in [3.8, 4) is 0 Å². The zero-order valence-electron chi connectivity index (χ0n) is 12.6. The van der Waals surface area contributed by atoms with Gasteiger partial charge in [-0.05, 0) is 38.0 Å². The Labute approximate surface area is 126 Å². The summed E-state index contributed by atoms with van der Waals surface area (Å²) >= 11 is 0. The molecule has 3 nitrogen and oxygen atoms in total. The standard InChI is InChI=1S/C18H22N2O/c1-3-19-17-10-5-4-9-16(17)18(21)20-12-11-15-8-6-7-14(2)13-15/h4-10,13,19H,3,11-12H2,1-2H3,(H,20,21). The molecule has 0 aliphatic heterocycles. The average Bonchev–Trinajstić information content (AvgIpc) is 2.48. The van der Waals surface area contributed by atoms with Crippen molar-refractivity contribution in [3.05, 3.63) is 65.2 Å². The average molecular weight is 282 g/mol. The second-order valence-corrected chi connectivity index (χ2v) is 5.07. The number of benzene rings is 2. The van der Waals surface area contributed by atoms with E-state index in [1.165, 1.54) is 11.1 Å². The predicted molar refractivity (Wildman–Crippen MR) is 87.8 cm³/mol. The summed E-state index contributed by atoms with van der Waals surface area (Å²) in [6, 6.07) is 16.0. The molecule has 3 heteroatoms. The molecule has 0 aliphatic rings. The minimum absolute atomic E-state index is 0.0285. The lowest BCUT2D eigenvalue weighted by atomic mass is 10.1. The highest BCUT2D eigenvalue weighted by atomic mass is 16.1. The van der Waals surface area contributed by atoms with Gasteiger partial charge >= 0.3 is 0 Å². The summed E-state index contributed by atoms with van der Waals surface area (Å²) in [7, 11) is 0. The molecule has 110 valence electrons. The van der Waals surface area contributed by atoms with Crippen molar-refractivity contribution in [1.29, 1.82) is 0 Å². The van der Waals surface area contributed by atoms with Crippen molar-refractivity contribution in [2.45, 2.75) is 20.3 Å². The second-order valence-electron chi connectivity index (χ2n) is 5.07. The van der Waals surface area contributed by atoms with Crippen LogP contribution in [0.3, 0.4) is 0 Å². The van der Waals surface area contributed by atoms with Gasteiger partial charge in [0.1, 0.15) is 0 Å². The Bertz CT molecular complexity index is 608. The smallest absolute Gasteiger partial charge is 0.253 e. The second kappa shape index (κ2) is 7.48. The lowest BCUT2D eigenvalue weighted by Gasteiger charge is -2.11. The normalized spacial score (nSPS) is 10.2. The van der Waals surface area contributed by atoms with Crippen LogP contribution in [0, 0.1) is 6.92 Å². The maximum Gasteiger partial charge on any atom is 0.253 e. The van der Waals surface area contributed by atoms with Gasteiger partial charge in [0, 0.05) is 18.8 Å². The molecule has 0 radical (unpaired) electrons. The molecule has 0 fully saturated rings. The molecular formula is C18H22N2O. The van der Waals surface area contributed by atoms with Crippen LogP contribution in [0.5, 0.6) is 0 Å². The van der Waals surface area contributed by atoms with Crippen LogP contribution in [0.1, 0.15) is 28.4 Å². The van der Waals surface area contributed by atoms with Crippen molar-refractivity contribution >= 4 is 11.6 Å². The molecular weight excluding hydrogens is 260 g/mol. The lowest BCUT2D eigenvalue weighted by Crippen LogP contribution is -2.26. The van der Waals surface area contributed by atoms with E-state index in [0.717, 1.165) is 18.7 Å². The molecule has 0 unspecified atom stereocenters. The van der Waals surface area contributed by atoms with Crippen molar-refractivity contribution < 1.29 is 4.79 Å². The Balaban J connectivity index is 1.93. The number of hydrogen-bond acceptors (Lipinski definition) is 2. The molecule has 0 spiro atoms. The van der Waals surface area contributed by atoms with E-state index < -0.39 is 0 Å². The molecule has 0 aliphatic carbocycles. The van der Waals surface area contributed by atoms with E-state index in [0.29, 0.717) is 12.1 Å². The molecule has 0 aromatic heterocycles. The van der Waals surface area contributed by atoms with Crippen molar-refractivity contribution in [2.75, 3.05) is 18.4 Å². The van der Waals surface area contributed by atoms with E-state index in [2.05, 4.69) is 35.8 Å². The number of carbonyl (C=O) groups excluding carboxylic acids is 1. The minimum atomic E-state index is -0.0285. The van der Waals surface area contributed by atoms with Crippen molar-refractivity contribution in [3.63, 3.8) is 0 Å². The van der Waals surface area contributed by atoms with Crippen LogP contribution in [0.2, 0.25) is 0 Å². The summed E-state index contributed by atoms with van der Waals surface area (Å²) in [6.45, 7) is 5.54. The van der Waals surface area contributed by atoms with E-state index in [1.807, 2.05) is 37.3 Å². The summed E-state index contributed by atoms with van der Waals surface area (Å²) in [5.74, 6) is -0.0285. The van der Waals surface area contributed by atoms with E-state index in [-0.39, 0.29) is 5.91 Å². The zero-order valence-corrected chi connectivity index (χ0v) is 12.6. The Kier molecular flexibility index (Phi) is 5.38. The van der Waals surface area contributed by atoms with Gasteiger partial charge in [-0.2, -0.15) is 0 Å². The predicted octanol–water partition coefficient (Wildman–Crippen LogP) is 3.40. The maximum atomic E-state index is 12.2. The summed E-state index contributed by atoms with van der Waals surface area (Å²) in [5.41, 5.74) is 4.07. The molecule has 0 saturated carbocycles. The number of para-hydroxylation sites is 1. The zero-order chi connectivity index (χ0) is 15.1. The van der Waals surface area contributed by atoms with Crippen LogP contribution >= 0.6 is 0 Å². The molecule has 0 heterocycles. The monoisotopic (exact) mass is 282 g/mol. The van der Waals surface area contributed by atoms with Gasteiger partial charge in [0.2, 0.25) is 0 Å². The van der Waals surface area contributed by atoms with E-state index in [1.54, 1.807) is 0 Å². The molecule has 2 N–H and O–H groups in total. The Hall–Kier alpha value is -2.29. The first-order valence-corrected chi connectivity index (χ1v) is 7.37. The van der Waals surface area contributed by atoms with Crippen LogP contribution in [-0.4, -0.2) is 19.0 Å². The highest BCUT2D eigenvalue weighted by Gasteiger charge is 2.09. The van der Waals surface area contributed by atoms with Crippen molar-refractivity contribution in [2.24, 2.45) is 0 Å². The fourth-order valence-corrected chi connectivity index (χ4v) is 2.31. The molecule has 0 saturated heterocycles. The number of nitrogens with one attached hydrogen (secondary N) is 2. The van der Waals surface area contributed by atoms with Crippen LogP contribution in [0.15, 0.2) is 48.5 Å². The molecule has 0 atom stereocenters. The molecule has 1 amide bonds. The van der Waals surface area contributed by atoms with E-state index in [4.69, 9.17) is 0 Å². The Morgan fingerprint density at radius 1 is 1.10 bits per heavy atom. The third kappa shape index (κ3) is 4.35. The van der Waals surface area contributed by atoms with Crippen LogP contribution in [-0.2, 0) is 6.42 Å². The van der Waals surface area contributed by atoms with Gasteiger partial charge in [0.25, 0.3) is 5.91 Å². The molecule has 0 bridgehead atoms. The fourth-order valence-electron chi connectivity index (χ4n) is 2.31. The molecule has 2 aromatic carbocycles. The minimum Gasteiger partial charge on any atom is -0.385 e. The van der Waals surface area contributed by atoms with Gasteiger partial charge in [-0.3, -0.25) is 4.79 Å². The third-order valence-corrected chi connectivity index (χ3v) is 3.32. The topological polar surface area (TPSA) is 41.1 Å². The van der Waals surface area contributed by atoms with Crippen LogP contribution in [0.4, 0.5) is 5.69 Å². The number of rotatable bonds is 6. The lowest BCUT2D eigenvalue weighted by molar-refractivity contribution is 0.0955. The van der Waals surface area contributed by atoms with E-state index in [9.17, 15) is 4.79 Å². The number of amides is 1. The van der Waals surface area contributed by atoms with Gasteiger partial charge in [0.05, 0.1) is 5.56 Å². The van der Waals surface area contributed by atoms with Gasteiger partial charge < -0.3 is 10.6 Å². The summed E-state index contributed by atoms with van der Waals surface area (Å²) < 4.78 is 0. The van der Waals surface area contributed by atoms with Crippen LogP contribution in [0.25, 0.3) is 0 Å². The number of carbonyl (C=O) groups is 1. The number of aryl methyl sites for hydroxylation is 1. The number of hydrogen-bond donors (Lipinski definition) is 2. The summed E-state index contributed by atoms with van der Waals surface area (Å²) in [4.78, 5) is 12.2. The highest BCUT2D eigenvalue weighted by molar-refractivity contribution is 5.99. The van der Waals surface area contributed by atoms with Gasteiger partial charge in [0.15, 0.2) is 0 Å². The van der Waals surface area contributed by atoms with Gasteiger partial charge in [-0.1, -0.05) is 42.0 Å². The SMILES string of the molecule is CCNc1ccccc1C(=O)NCCc1cccc(C)c1. The van der Waals surface area contributed by atoms with Gasteiger partial charge in [-0.25, -0.2) is 0 Å². The van der Waals surface area contributed by atoms with Crippen LogP contribution < -0.4 is 10.6 Å². The largest absolute Gasteiger partial charge is 0.385 e. The molecule has 2 rings (SSSR count). The fraction of sp³-hybridized carbons (Fsp3) is 0.278. The first-order chi connectivity index (χ1) is 10.2. The highest BCUT2D eigenvalue weighted by Crippen LogP contribution is 2.14. The first-order valence-electron chi connectivity index (χ1n) is 7.37. The van der Waals surface area contributed by atoms with Gasteiger partial charge in [-0.15, -0.1) is 0 Å². The Morgan fingerprint density at radius 3 is 2.67 bits per heavy atom. The molecule has 2 aromatic rings. The van der Waals surface area contributed by atoms with Crippen molar-refractivity contribution in [1.82, 2.24) is 5.32 Å². The quantitative estimate of drug-likeness (QED) is 0.852. The first kappa shape index (κ1) is 15.1. The summed E-state index contributed by atoms with van der Waals surface area (Å²) in [5, 5.41) is 6.20. The maximum absolute atomic E-state index is 12.2. The summed E-state index contributed by atoms with van der Waals surface area (Å²) in [6.07, 6.45) is 0.844. The van der Waals surface area contributed by atoms with E-state index >= 15 is 0 Å². The molecule has 21 heavy (non-hydrogen) atoms. The Morgan fingerprint density at radius 2 is 1.90 bits per heavy atom. The third-order valence-electron chi connectivity index (χ3n) is 3.32.